The number of carbonyl (C=O) groups is 1. The van der Waals surface area contributed by atoms with Crippen molar-refractivity contribution in [2.75, 3.05) is 13.1 Å². The molecule has 0 unspecified atom stereocenters. The van der Waals surface area contributed by atoms with E-state index >= 15 is 0 Å². The first-order chi connectivity index (χ1) is 7.70. The maximum absolute atomic E-state index is 11.2. The zero-order valence-corrected chi connectivity index (χ0v) is 11.2. The Labute approximate surface area is 109 Å². The second-order valence-electron chi connectivity index (χ2n) is 4.11. The minimum Gasteiger partial charge on any atom is -0.355 e. The van der Waals surface area contributed by atoms with Gasteiger partial charge >= 0.3 is 0 Å². The Morgan fingerprint density at radius 1 is 1.18 bits per heavy atom. The van der Waals surface area contributed by atoms with Gasteiger partial charge in [0.1, 0.15) is 0 Å². The highest BCUT2D eigenvalue weighted by molar-refractivity contribution is 5.85. The van der Waals surface area contributed by atoms with Gasteiger partial charge in [-0.1, -0.05) is 44.2 Å². The molecule has 0 heterocycles. The average molecular weight is 257 g/mol. The van der Waals surface area contributed by atoms with Crippen molar-refractivity contribution in [2.24, 2.45) is 5.92 Å². The fourth-order valence-electron chi connectivity index (χ4n) is 1.31. The first kappa shape index (κ1) is 15.9. The summed E-state index contributed by atoms with van der Waals surface area (Å²) in [5.74, 6) is 0.177. The van der Waals surface area contributed by atoms with E-state index in [4.69, 9.17) is 0 Å². The zero-order valence-electron chi connectivity index (χ0n) is 10.4. The molecule has 4 heteroatoms. The fourth-order valence-corrected chi connectivity index (χ4v) is 1.31. The van der Waals surface area contributed by atoms with Crippen LogP contribution in [0.4, 0.5) is 0 Å². The largest absolute Gasteiger partial charge is 0.355 e. The van der Waals surface area contributed by atoms with Crippen LogP contribution < -0.4 is 10.6 Å². The Morgan fingerprint density at radius 3 is 2.41 bits per heavy atom. The standard InChI is InChI=1S/C13H20N2O.ClH/c1-11(2)13(16)15-9-8-14-10-12-6-4-3-5-7-12;/h3-7,11,14H,8-10H2,1-2H3,(H,15,16);1H. The van der Waals surface area contributed by atoms with Gasteiger partial charge < -0.3 is 10.6 Å². The van der Waals surface area contributed by atoms with Crippen LogP contribution in [0.3, 0.4) is 0 Å². The van der Waals surface area contributed by atoms with E-state index in [2.05, 4.69) is 22.8 Å². The van der Waals surface area contributed by atoms with Gasteiger partial charge in [-0.25, -0.2) is 0 Å². The predicted molar refractivity (Wildman–Crippen MR) is 73.2 cm³/mol. The molecule has 1 rings (SSSR count). The van der Waals surface area contributed by atoms with Crippen LogP contribution in [-0.4, -0.2) is 19.0 Å². The summed E-state index contributed by atoms with van der Waals surface area (Å²) in [6.45, 7) is 6.12. The van der Waals surface area contributed by atoms with Crippen molar-refractivity contribution in [3.63, 3.8) is 0 Å². The summed E-state index contributed by atoms with van der Waals surface area (Å²) in [5.41, 5.74) is 1.26. The molecule has 17 heavy (non-hydrogen) atoms. The smallest absolute Gasteiger partial charge is 0.222 e. The number of carbonyl (C=O) groups excluding carboxylic acids is 1. The molecule has 1 aromatic rings. The molecule has 0 spiro atoms. The summed E-state index contributed by atoms with van der Waals surface area (Å²) in [6.07, 6.45) is 0. The van der Waals surface area contributed by atoms with Gasteiger partial charge in [-0.3, -0.25) is 4.79 Å². The highest BCUT2D eigenvalue weighted by Gasteiger charge is 2.04. The van der Waals surface area contributed by atoms with Crippen molar-refractivity contribution in [1.29, 1.82) is 0 Å². The highest BCUT2D eigenvalue weighted by atomic mass is 35.5. The van der Waals surface area contributed by atoms with E-state index in [0.29, 0.717) is 6.54 Å². The summed E-state index contributed by atoms with van der Waals surface area (Å²) < 4.78 is 0. The monoisotopic (exact) mass is 256 g/mol. The zero-order chi connectivity index (χ0) is 11.8. The molecule has 0 aliphatic rings. The number of hydrogen-bond donors (Lipinski definition) is 2. The Hall–Kier alpha value is -1.06. The highest BCUT2D eigenvalue weighted by Crippen LogP contribution is 1.96. The molecule has 3 nitrogen and oxygen atoms in total. The van der Waals surface area contributed by atoms with E-state index in [1.807, 2.05) is 32.0 Å². The molecule has 0 bridgehead atoms. The lowest BCUT2D eigenvalue weighted by Crippen LogP contribution is -2.34. The first-order valence-corrected chi connectivity index (χ1v) is 5.72. The molecular formula is C13H21ClN2O. The Kier molecular flexibility index (Phi) is 8.46. The van der Waals surface area contributed by atoms with E-state index in [1.165, 1.54) is 5.56 Å². The summed E-state index contributed by atoms with van der Waals surface area (Å²) in [7, 11) is 0. The molecule has 1 aromatic carbocycles. The van der Waals surface area contributed by atoms with Crippen LogP contribution in [0.1, 0.15) is 19.4 Å². The minimum atomic E-state index is 0. The van der Waals surface area contributed by atoms with Gasteiger partial charge in [0.05, 0.1) is 0 Å². The molecule has 0 saturated heterocycles. The Bertz CT molecular complexity index is 314. The maximum atomic E-state index is 11.2. The molecule has 1 amide bonds. The average Bonchev–Trinajstić information content (AvgIpc) is 2.29. The minimum absolute atomic E-state index is 0. The van der Waals surface area contributed by atoms with Crippen molar-refractivity contribution in [3.05, 3.63) is 35.9 Å². The van der Waals surface area contributed by atoms with Crippen LogP contribution in [0.2, 0.25) is 0 Å². The lowest BCUT2D eigenvalue weighted by Gasteiger charge is -2.08. The van der Waals surface area contributed by atoms with Crippen LogP contribution in [0.15, 0.2) is 30.3 Å². The molecular weight excluding hydrogens is 236 g/mol. The SMILES string of the molecule is CC(C)C(=O)NCCNCc1ccccc1.Cl. The normalized spacial score (nSPS) is 9.82. The van der Waals surface area contributed by atoms with Gasteiger partial charge in [-0.15, -0.1) is 12.4 Å². The predicted octanol–water partition coefficient (Wildman–Crippen LogP) is 1.97. The van der Waals surface area contributed by atoms with Crippen molar-refractivity contribution < 1.29 is 4.79 Å². The topological polar surface area (TPSA) is 41.1 Å². The molecule has 96 valence electrons. The quantitative estimate of drug-likeness (QED) is 0.764. The van der Waals surface area contributed by atoms with E-state index < -0.39 is 0 Å². The van der Waals surface area contributed by atoms with Gasteiger partial charge in [0.15, 0.2) is 0 Å². The fraction of sp³-hybridized carbons (Fsp3) is 0.462. The third kappa shape index (κ3) is 6.97. The molecule has 0 saturated carbocycles. The van der Waals surface area contributed by atoms with E-state index in [-0.39, 0.29) is 24.2 Å². The second kappa shape index (κ2) is 9.02. The van der Waals surface area contributed by atoms with Crippen LogP contribution in [0.5, 0.6) is 0 Å². The number of nitrogens with one attached hydrogen (secondary N) is 2. The van der Waals surface area contributed by atoms with Crippen molar-refractivity contribution in [3.8, 4) is 0 Å². The summed E-state index contributed by atoms with van der Waals surface area (Å²) in [4.78, 5) is 11.2. The van der Waals surface area contributed by atoms with Crippen molar-refractivity contribution in [1.82, 2.24) is 10.6 Å². The number of amides is 1. The lowest BCUT2D eigenvalue weighted by molar-refractivity contribution is -0.123. The number of rotatable bonds is 6. The molecule has 0 fully saturated rings. The van der Waals surface area contributed by atoms with Gasteiger partial charge in [-0.05, 0) is 5.56 Å². The van der Waals surface area contributed by atoms with E-state index in [9.17, 15) is 4.79 Å². The number of halogens is 1. The van der Waals surface area contributed by atoms with E-state index in [1.54, 1.807) is 0 Å². The molecule has 0 aliphatic carbocycles. The molecule has 0 aromatic heterocycles. The summed E-state index contributed by atoms with van der Waals surface area (Å²) >= 11 is 0. The molecule has 0 atom stereocenters. The number of hydrogen-bond acceptors (Lipinski definition) is 2. The first-order valence-electron chi connectivity index (χ1n) is 5.72. The van der Waals surface area contributed by atoms with Crippen molar-refractivity contribution in [2.45, 2.75) is 20.4 Å². The van der Waals surface area contributed by atoms with Gasteiger partial charge in [-0.2, -0.15) is 0 Å². The van der Waals surface area contributed by atoms with Crippen LogP contribution in [0.25, 0.3) is 0 Å². The van der Waals surface area contributed by atoms with E-state index in [0.717, 1.165) is 13.1 Å². The summed E-state index contributed by atoms with van der Waals surface area (Å²) in [6, 6.07) is 10.2. The Morgan fingerprint density at radius 2 is 1.82 bits per heavy atom. The molecule has 2 N–H and O–H groups in total. The lowest BCUT2D eigenvalue weighted by atomic mass is 10.2. The number of benzene rings is 1. The third-order valence-electron chi connectivity index (χ3n) is 2.30. The Balaban J connectivity index is 0.00000256. The molecule has 0 aliphatic heterocycles. The maximum Gasteiger partial charge on any atom is 0.222 e. The van der Waals surface area contributed by atoms with Crippen LogP contribution >= 0.6 is 12.4 Å². The van der Waals surface area contributed by atoms with Crippen LogP contribution in [-0.2, 0) is 11.3 Å². The van der Waals surface area contributed by atoms with Gasteiger partial charge in [0, 0.05) is 25.6 Å². The summed E-state index contributed by atoms with van der Waals surface area (Å²) in [5, 5.41) is 6.15. The van der Waals surface area contributed by atoms with Gasteiger partial charge in [0.2, 0.25) is 5.91 Å². The van der Waals surface area contributed by atoms with Crippen molar-refractivity contribution >= 4 is 18.3 Å². The van der Waals surface area contributed by atoms with Gasteiger partial charge in [0.25, 0.3) is 0 Å². The molecule has 0 radical (unpaired) electrons. The van der Waals surface area contributed by atoms with Crippen LogP contribution in [0, 0.1) is 5.92 Å². The second-order valence-corrected chi connectivity index (χ2v) is 4.11. The third-order valence-corrected chi connectivity index (χ3v) is 2.30.